The molecule has 118 valence electrons. The van der Waals surface area contributed by atoms with E-state index in [1.54, 1.807) is 12.1 Å². The first-order valence-corrected chi connectivity index (χ1v) is 7.91. The Morgan fingerprint density at radius 1 is 1.38 bits per heavy atom. The zero-order valence-electron chi connectivity index (χ0n) is 12.2. The molecule has 0 radical (unpaired) electrons. The molecule has 1 saturated heterocycles. The van der Waals surface area contributed by atoms with Gasteiger partial charge in [0.25, 0.3) is 0 Å². The van der Waals surface area contributed by atoms with Gasteiger partial charge in [-0.15, -0.1) is 0 Å². The first-order chi connectivity index (χ1) is 9.77. The number of hydrogen-bond acceptors (Lipinski definition) is 2. The summed E-state index contributed by atoms with van der Waals surface area (Å²) in [6.07, 6.45) is -3.37. The normalized spacial score (nSPS) is 20.1. The van der Waals surface area contributed by atoms with E-state index in [1.807, 2.05) is 4.90 Å². The summed E-state index contributed by atoms with van der Waals surface area (Å²) >= 11 is 3.13. The van der Waals surface area contributed by atoms with Gasteiger partial charge in [-0.2, -0.15) is 13.2 Å². The van der Waals surface area contributed by atoms with E-state index in [0.29, 0.717) is 30.0 Å². The Hall–Kier alpha value is -0.750. The molecule has 0 bridgehead atoms. The lowest BCUT2D eigenvalue weighted by Gasteiger charge is -2.37. The number of nitrogens with one attached hydrogen (secondary N) is 1. The average Bonchev–Trinajstić information content (AvgIpc) is 2.37. The molecule has 21 heavy (non-hydrogen) atoms. The van der Waals surface area contributed by atoms with Gasteiger partial charge in [-0.1, -0.05) is 29.8 Å². The third kappa shape index (κ3) is 4.36. The monoisotopic (exact) mass is 364 g/mol. The van der Waals surface area contributed by atoms with Crippen molar-refractivity contribution in [3.63, 3.8) is 0 Å². The number of nitrogens with zero attached hydrogens (tertiary/aromatic N) is 1. The topological polar surface area (TPSA) is 15.3 Å². The van der Waals surface area contributed by atoms with Crippen LogP contribution in [0.5, 0.6) is 0 Å². The van der Waals surface area contributed by atoms with E-state index in [2.05, 4.69) is 35.1 Å². The Labute approximate surface area is 131 Å². The number of rotatable bonds is 3. The molecule has 6 heteroatoms. The summed E-state index contributed by atoms with van der Waals surface area (Å²) < 4.78 is 40.1. The highest BCUT2D eigenvalue weighted by Gasteiger charge is 2.36. The van der Waals surface area contributed by atoms with Crippen molar-refractivity contribution in [2.24, 2.45) is 5.92 Å². The third-order valence-electron chi connectivity index (χ3n) is 3.62. The molecule has 0 spiro atoms. The summed E-state index contributed by atoms with van der Waals surface area (Å²) in [6.45, 7) is 6.18. The van der Waals surface area contributed by atoms with Crippen LogP contribution in [0.2, 0.25) is 0 Å². The molecule has 1 N–H and O–H groups in total. The quantitative estimate of drug-likeness (QED) is 0.860. The van der Waals surface area contributed by atoms with Crippen LogP contribution >= 0.6 is 15.9 Å². The van der Waals surface area contributed by atoms with Gasteiger partial charge in [-0.25, -0.2) is 0 Å². The Morgan fingerprint density at radius 3 is 2.71 bits per heavy atom. The van der Waals surface area contributed by atoms with Crippen molar-refractivity contribution in [1.82, 2.24) is 5.32 Å². The van der Waals surface area contributed by atoms with Crippen molar-refractivity contribution in [1.29, 1.82) is 0 Å². The second-order valence-corrected chi connectivity index (χ2v) is 6.80. The number of piperazine rings is 1. The van der Waals surface area contributed by atoms with Crippen LogP contribution in [0.3, 0.4) is 0 Å². The Morgan fingerprint density at radius 2 is 2.10 bits per heavy atom. The number of halogens is 4. The minimum absolute atomic E-state index is 0.239. The van der Waals surface area contributed by atoms with E-state index in [9.17, 15) is 13.2 Å². The van der Waals surface area contributed by atoms with E-state index in [1.165, 1.54) is 0 Å². The molecular formula is C15H20BrF3N2. The van der Waals surface area contributed by atoms with Gasteiger partial charge in [0.15, 0.2) is 0 Å². The largest absolute Gasteiger partial charge is 0.418 e. The molecule has 1 fully saturated rings. The smallest absolute Gasteiger partial charge is 0.368 e. The number of alkyl halides is 3. The first-order valence-electron chi connectivity index (χ1n) is 7.12. The molecular weight excluding hydrogens is 345 g/mol. The Bertz CT molecular complexity index is 488. The summed E-state index contributed by atoms with van der Waals surface area (Å²) in [7, 11) is 0. The molecule has 1 atom stereocenters. The maximum atomic E-state index is 13.2. The van der Waals surface area contributed by atoms with Crippen molar-refractivity contribution in [2.75, 3.05) is 24.5 Å². The molecule has 1 aromatic carbocycles. The van der Waals surface area contributed by atoms with E-state index in [4.69, 9.17) is 0 Å². The van der Waals surface area contributed by atoms with Crippen LogP contribution in [0.4, 0.5) is 18.9 Å². The lowest BCUT2D eigenvalue weighted by Crippen LogP contribution is -2.51. The van der Waals surface area contributed by atoms with Crippen LogP contribution in [0, 0.1) is 5.92 Å². The second-order valence-electron chi connectivity index (χ2n) is 5.89. The van der Waals surface area contributed by atoms with Gasteiger partial charge in [0.1, 0.15) is 0 Å². The molecule has 1 aromatic rings. The highest BCUT2D eigenvalue weighted by atomic mass is 79.9. The fourth-order valence-corrected chi connectivity index (χ4v) is 3.14. The van der Waals surface area contributed by atoms with Crippen molar-refractivity contribution in [3.8, 4) is 0 Å². The van der Waals surface area contributed by atoms with E-state index >= 15 is 0 Å². The maximum Gasteiger partial charge on any atom is 0.418 e. The van der Waals surface area contributed by atoms with Crippen LogP contribution in [0.25, 0.3) is 0 Å². The predicted molar refractivity (Wildman–Crippen MR) is 82.6 cm³/mol. The van der Waals surface area contributed by atoms with Crippen molar-refractivity contribution in [3.05, 3.63) is 28.2 Å². The summed E-state index contributed by atoms with van der Waals surface area (Å²) in [4.78, 5) is 1.85. The standard InChI is InChI=1S/C15H20BrF3N2/c1-10(2)7-12-9-21(6-5-20-12)14-4-3-11(16)8-13(14)15(17,18)19/h3-4,8,10,12,20H,5-7,9H2,1-2H3. The molecule has 2 nitrogen and oxygen atoms in total. The number of anilines is 1. The van der Waals surface area contributed by atoms with Gasteiger partial charge in [0, 0.05) is 35.8 Å². The first kappa shape index (κ1) is 16.6. The number of hydrogen-bond donors (Lipinski definition) is 1. The zero-order chi connectivity index (χ0) is 15.6. The molecule has 2 rings (SSSR count). The summed E-state index contributed by atoms with van der Waals surface area (Å²) in [5.74, 6) is 0.523. The molecule has 0 aromatic heterocycles. The van der Waals surface area contributed by atoms with Gasteiger partial charge in [-0.3, -0.25) is 0 Å². The number of benzene rings is 1. The minimum atomic E-state index is -4.34. The molecule has 0 saturated carbocycles. The molecule has 1 aliphatic rings. The highest BCUT2D eigenvalue weighted by molar-refractivity contribution is 9.10. The zero-order valence-corrected chi connectivity index (χ0v) is 13.8. The fraction of sp³-hybridized carbons (Fsp3) is 0.600. The Kier molecular flexibility index (Phi) is 5.20. The van der Waals surface area contributed by atoms with Crippen molar-refractivity contribution in [2.45, 2.75) is 32.5 Å². The third-order valence-corrected chi connectivity index (χ3v) is 4.11. The predicted octanol–water partition coefficient (Wildman–Crippen LogP) is 4.29. The van der Waals surface area contributed by atoms with Crippen LogP contribution in [0.1, 0.15) is 25.8 Å². The van der Waals surface area contributed by atoms with E-state index in [0.717, 1.165) is 12.5 Å². The summed E-state index contributed by atoms with van der Waals surface area (Å²) in [5, 5.41) is 3.39. The highest BCUT2D eigenvalue weighted by Crippen LogP contribution is 2.38. The summed E-state index contributed by atoms with van der Waals surface area (Å²) in [6, 6.07) is 4.63. The minimum Gasteiger partial charge on any atom is -0.368 e. The van der Waals surface area contributed by atoms with Crippen molar-refractivity contribution >= 4 is 21.6 Å². The molecule has 1 unspecified atom stereocenters. The van der Waals surface area contributed by atoms with E-state index in [-0.39, 0.29) is 11.7 Å². The second kappa shape index (κ2) is 6.57. The van der Waals surface area contributed by atoms with Crippen LogP contribution in [-0.4, -0.2) is 25.7 Å². The van der Waals surface area contributed by atoms with Gasteiger partial charge in [0.05, 0.1) is 5.56 Å². The van der Waals surface area contributed by atoms with Gasteiger partial charge < -0.3 is 10.2 Å². The average molecular weight is 365 g/mol. The lowest BCUT2D eigenvalue weighted by molar-refractivity contribution is -0.137. The van der Waals surface area contributed by atoms with Gasteiger partial charge >= 0.3 is 6.18 Å². The maximum absolute atomic E-state index is 13.2. The van der Waals surface area contributed by atoms with Crippen LogP contribution < -0.4 is 10.2 Å². The van der Waals surface area contributed by atoms with Crippen LogP contribution in [-0.2, 0) is 6.18 Å². The van der Waals surface area contributed by atoms with Gasteiger partial charge in [-0.05, 0) is 30.5 Å². The van der Waals surface area contributed by atoms with Gasteiger partial charge in [0.2, 0.25) is 0 Å². The van der Waals surface area contributed by atoms with Crippen molar-refractivity contribution < 1.29 is 13.2 Å². The molecule has 1 aliphatic heterocycles. The molecule has 0 aliphatic carbocycles. The van der Waals surface area contributed by atoms with E-state index < -0.39 is 11.7 Å². The Balaban J connectivity index is 2.25. The molecule has 0 amide bonds. The fourth-order valence-electron chi connectivity index (χ4n) is 2.78. The lowest BCUT2D eigenvalue weighted by atomic mass is 10.0. The SMILES string of the molecule is CC(C)CC1CN(c2ccc(Br)cc2C(F)(F)F)CCN1. The van der Waals surface area contributed by atoms with Crippen LogP contribution in [0.15, 0.2) is 22.7 Å². The summed E-state index contributed by atoms with van der Waals surface area (Å²) in [5.41, 5.74) is -0.289. The molecule has 1 heterocycles.